The topological polar surface area (TPSA) is 58.2 Å². The SMILES string of the molecule is CC(C)CCCCCCNC(=O)C=CC(=O)NCCCCCCC(C)C. The van der Waals surface area contributed by atoms with Crippen molar-refractivity contribution < 1.29 is 9.59 Å². The van der Waals surface area contributed by atoms with Crippen LogP contribution in [0.4, 0.5) is 0 Å². The molecule has 0 fully saturated rings. The molecule has 0 aromatic heterocycles. The molecule has 0 atom stereocenters. The Kier molecular flexibility index (Phi) is 16.2. The maximum absolute atomic E-state index is 11.7. The molecule has 0 rings (SSSR count). The summed E-state index contributed by atoms with van der Waals surface area (Å²) >= 11 is 0. The molecular formula is C22H42N2O2. The first kappa shape index (κ1) is 24.7. The maximum Gasteiger partial charge on any atom is 0.244 e. The van der Waals surface area contributed by atoms with Gasteiger partial charge in [-0.2, -0.15) is 0 Å². The highest BCUT2D eigenvalue weighted by Gasteiger charge is 2.00. The quantitative estimate of drug-likeness (QED) is 0.299. The van der Waals surface area contributed by atoms with Crippen LogP contribution in [0.25, 0.3) is 0 Å². The Bertz CT molecular complexity index is 354. The van der Waals surface area contributed by atoms with Gasteiger partial charge >= 0.3 is 0 Å². The second-order valence-electron chi connectivity index (χ2n) is 8.11. The van der Waals surface area contributed by atoms with E-state index >= 15 is 0 Å². The molecular weight excluding hydrogens is 324 g/mol. The van der Waals surface area contributed by atoms with E-state index in [0.717, 1.165) is 37.5 Å². The van der Waals surface area contributed by atoms with Crippen molar-refractivity contribution in [3.8, 4) is 0 Å². The molecule has 152 valence electrons. The summed E-state index contributed by atoms with van der Waals surface area (Å²) in [7, 11) is 0. The van der Waals surface area contributed by atoms with Crippen LogP contribution >= 0.6 is 0 Å². The predicted octanol–water partition coefficient (Wildman–Crippen LogP) is 4.99. The van der Waals surface area contributed by atoms with Crippen LogP contribution in [0, 0.1) is 11.8 Å². The summed E-state index contributed by atoms with van der Waals surface area (Å²) in [6.07, 6.45) is 14.5. The summed E-state index contributed by atoms with van der Waals surface area (Å²) < 4.78 is 0. The molecule has 0 saturated heterocycles. The first-order valence-corrected chi connectivity index (χ1v) is 10.7. The first-order valence-electron chi connectivity index (χ1n) is 10.7. The van der Waals surface area contributed by atoms with Gasteiger partial charge in [-0.15, -0.1) is 0 Å². The van der Waals surface area contributed by atoms with Crippen molar-refractivity contribution in [1.29, 1.82) is 0 Å². The molecule has 0 radical (unpaired) electrons. The molecule has 0 saturated carbocycles. The summed E-state index contributed by atoms with van der Waals surface area (Å²) in [6, 6.07) is 0. The Morgan fingerprint density at radius 1 is 0.615 bits per heavy atom. The number of carbonyl (C=O) groups excluding carboxylic acids is 2. The lowest BCUT2D eigenvalue weighted by atomic mass is 10.0. The molecule has 0 aliphatic rings. The number of unbranched alkanes of at least 4 members (excludes halogenated alkanes) is 6. The van der Waals surface area contributed by atoms with Crippen LogP contribution in [0.15, 0.2) is 12.2 Å². The molecule has 0 heterocycles. The summed E-state index contributed by atoms with van der Waals surface area (Å²) in [5, 5.41) is 5.66. The minimum Gasteiger partial charge on any atom is -0.353 e. The van der Waals surface area contributed by atoms with E-state index < -0.39 is 0 Å². The van der Waals surface area contributed by atoms with Gasteiger partial charge in [-0.25, -0.2) is 0 Å². The largest absolute Gasteiger partial charge is 0.353 e. The number of amides is 2. The summed E-state index contributed by atoms with van der Waals surface area (Å²) in [5.74, 6) is 1.18. The van der Waals surface area contributed by atoms with Crippen LogP contribution in [0.2, 0.25) is 0 Å². The third kappa shape index (κ3) is 19.0. The van der Waals surface area contributed by atoms with E-state index in [1.807, 2.05) is 0 Å². The zero-order valence-corrected chi connectivity index (χ0v) is 17.6. The highest BCUT2D eigenvalue weighted by molar-refractivity contribution is 5.96. The number of hydrogen-bond acceptors (Lipinski definition) is 2. The zero-order valence-electron chi connectivity index (χ0n) is 17.6. The minimum absolute atomic E-state index is 0.184. The summed E-state index contributed by atoms with van der Waals surface area (Å²) in [6.45, 7) is 10.4. The Morgan fingerprint density at radius 2 is 0.962 bits per heavy atom. The van der Waals surface area contributed by atoms with Gasteiger partial charge in [-0.3, -0.25) is 9.59 Å². The zero-order chi connectivity index (χ0) is 19.6. The van der Waals surface area contributed by atoms with Crippen LogP contribution in [0.1, 0.15) is 91.9 Å². The lowest BCUT2D eigenvalue weighted by Gasteiger charge is -2.05. The van der Waals surface area contributed by atoms with Crippen LogP contribution in [0.3, 0.4) is 0 Å². The monoisotopic (exact) mass is 366 g/mol. The number of nitrogens with one attached hydrogen (secondary N) is 2. The van der Waals surface area contributed by atoms with Gasteiger partial charge < -0.3 is 10.6 Å². The third-order valence-electron chi connectivity index (χ3n) is 4.40. The lowest BCUT2D eigenvalue weighted by molar-refractivity contribution is -0.118. The Balaban J connectivity index is 3.51. The smallest absolute Gasteiger partial charge is 0.244 e. The molecule has 0 aliphatic carbocycles. The molecule has 26 heavy (non-hydrogen) atoms. The predicted molar refractivity (Wildman–Crippen MR) is 111 cm³/mol. The minimum atomic E-state index is -0.184. The summed E-state index contributed by atoms with van der Waals surface area (Å²) in [5.41, 5.74) is 0. The van der Waals surface area contributed by atoms with Crippen molar-refractivity contribution in [2.45, 2.75) is 91.9 Å². The van der Waals surface area contributed by atoms with Gasteiger partial charge in [0.15, 0.2) is 0 Å². The standard InChI is InChI=1S/C22H42N2O2/c1-19(2)13-9-5-7-11-17-23-21(25)15-16-22(26)24-18-12-8-6-10-14-20(3)4/h15-16,19-20H,5-14,17-18H2,1-4H3,(H,23,25)(H,24,26). The second-order valence-corrected chi connectivity index (χ2v) is 8.11. The molecule has 0 aliphatic heterocycles. The fourth-order valence-corrected chi connectivity index (χ4v) is 2.75. The molecule has 4 nitrogen and oxygen atoms in total. The third-order valence-corrected chi connectivity index (χ3v) is 4.40. The van der Waals surface area contributed by atoms with Gasteiger partial charge in [0.2, 0.25) is 11.8 Å². The van der Waals surface area contributed by atoms with E-state index in [1.165, 1.54) is 50.7 Å². The van der Waals surface area contributed by atoms with E-state index in [2.05, 4.69) is 38.3 Å². The van der Waals surface area contributed by atoms with Gasteiger partial charge in [0.1, 0.15) is 0 Å². The molecule has 2 N–H and O–H groups in total. The van der Waals surface area contributed by atoms with Crippen molar-refractivity contribution >= 4 is 11.8 Å². The van der Waals surface area contributed by atoms with Crippen LogP contribution in [-0.4, -0.2) is 24.9 Å². The molecule has 2 amide bonds. The van der Waals surface area contributed by atoms with Gasteiger partial charge in [0.25, 0.3) is 0 Å². The normalized spacial score (nSPS) is 11.5. The molecule has 0 bridgehead atoms. The Morgan fingerprint density at radius 3 is 1.31 bits per heavy atom. The molecule has 0 spiro atoms. The molecule has 0 unspecified atom stereocenters. The van der Waals surface area contributed by atoms with Gasteiger partial charge in [0.05, 0.1) is 0 Å². The summed E-state index contributed by atoms with van der Waals surface area (Å²) in [4.78, 5) is 23.3. The van der Waals surface area contributed by atoms with E-state index in [0.29, 0.717) is 13.1 Å². The average molecular weight is 367 g/mol. The molecule has 4 heteroatoms. The van der Waals surface area contributed by atoms with Crippen molar-refractivity contribution in [3.05, 3.63) is 12.2 Å². The number of carbonyl (C=O) groups is 2. The fraction of sp³-hybridized carbons (Fsp3) is 0.818. The van der Waals surface area contributed by atoms with Crippen LogP contribution in [0.5, 0.6) is 0 Å². The fourth-order valence-electron chi connectivity index (χ4n) is 2.75. The van der Waals surface area contributed by atoms with E-state index in [-0.39, 0.29) is 11.8 Å². The van der Waals surface area contributed by atoms with Crippen molar-refractivity contribution in [2.75, 3.05) is 13.1 Å². The Labute approximate surface area is 161 Å². The van der Waals surface area contributed by atoms with Crippen molar-refractivity contribution in [2.24, 2.45) is 11.8 Å². The van der Waals surface area contributed by atoms with Gasteiger partial charge in [0, 0.05) is 25.2 Å². The van der Waals surface area contributed by atoms with Crippen molar-refractivity contribution in [3.63, 3.8) is 0 Å². The van der Waals surface area contributed by atoms with E-state index in [1.54, 1.807) is 0 Å². The first-order chi connectivity index (χ1) is 12.4. The lowest BCUT2D eigenvalue weighted by Crippen LogP contribution is -2.25. The second kappa shape index (κ2) is 17.1. The average Bonchev–Trinajstić information content (AvgIpc) is 2.57. The van der Waals surface area contributed by atoms with Gasteiger partial charge in [-0.05, 0) is 24.7 Å². The highest BCUT2D eigenvalue weighted by Crippen LogP contribution is 2.09. The molecule has 0 aromatic carbocycles. The Hall–Kier alpha value is -1.32. The van der Waals surface area contributed by atoms with Crippen LogP contribution in [-0.2, 0) is 9.59 Å². The number of rotatable bonds is 16. The molecule has 0 aromatic rings. The van der Waals surface area contributed by atoms with Gasteiger partial charge in [-0.1, -0.05) is 79.1 Å². The number of hydrogen-bond donors (Lipinski definition) is 2. The van der Waals surface area contributed by atoms with Crippen LogP contribution < -0.4 is 10.6 Å². The van der Waals surface area contributed by atoms with E-state index in [9.17, 15) is 9.59 Å². The van der Waals surface area contributed by atoms with E-state index in [4.69, 9.17) is 0 Å². The maximum atomic E-state index is 11.7. The van der Waals surface area contributed by atoms with Crippen molar-refractivity contribution in [1.82, 2.24) is 10.6 Å². The highest BCUT2D eigenvalue weighted by atomic mass is 16.2.